The first-order valence-electron chi connectivity index (χ1n) is 2.49. The molecular formula is C5H7ClOS. The minimum absolute atomic E-state index is 0.171. The fourth-order valence-corrected chi connectivity index (χ4v) is 1.90. The van der Waals surface area contributed by atoms with Gasteiger partial charge < -0.3 is 0 Å². The van der Waals surface area contributed by atoms with E-state index in [2.05, 4.69) is 0 Å². The molecule has 0 aromatic rings. The predicted octanol–water partition coefficient (Wildman–Crippen LogP) is 1.65. The molecule has 1 saturated heterocycles. The maximum atomic E-state index is 10.7. The van der Waals surface area contributed by atoms with Gasteiger partial charge in [0.05, 0.1) is 0 Å². The summed E-state index contributed by atoms with van der Waals surface area (Å²) < 4.78 is -0.597. The van der Waals surface area contributed by atoms with Crippen LogP contribution < -0.4 is 0 Å². The van der Waals surface area contributed by atoms with E-state index in [1.807, 2.05) is 0 Å². The van der Waals surface area contributed by atoms with Gasteiger partial charge in [0.25, 0.3) is 0 Å². The number of Topliss-reactive ketones (excluding diaryl/α,β-unsaturated/α-hetero) is 1. The van der Waals surface area contributed by atoms with Crippen molar-refractivity contribution in [3.63, 3.8) is 0 Å². The van der Waals surface area contributed by atoms with Crippen LogP contribution in [0.25, 0.3) is 0 Å². The van der Waals surface area contributed by atoms with Crippen LogP contribution in [0.2, 0.25) is 0 Å². The van der Waals surface area contributed by atoms with Crippen molar-refractivity contribution >= 4 is 29.1 Å². The highest BCUT2D eigenvalue weighted by molar-refractivity contribution is 8.03. The molecule has 46 valence electrons. The van der Waals surface area contributed by atoms with Crippen LogP contribution in [-0.4, -0.2) is 15.7 Å². The van der Waals surface area contributed by atoms with Crippen LogP contribution in [0.1, 0.15) is 13.3 Å². The van der Waals surface area contributed by atoms with Crippen molar-refractivity contribution in [3.8, 4) is 0 Å². The normalized spacial score (nSPS) is 38.5. The van der Waals surface area contributed by atoms with Crippen molar-refractivity contribution in [1.29, 1.82) is 0 Å². The first kappa shape index (κ1) is 6.43. The monoisotopic (exact) mass is 150 g/mol. The molecule has 0 bridgehead atoms. The number of carbonyl (C=O) groups excluding carboxylic acids is 1. The summed E-state index contributed by atoms with van der Waals surface area (Å²) in [6.07, 6.45) is 0.644. The fourth-order valence-electron chi connectivity index (χ4n) is 0.639. The molecule has 1 aliphatic rings. The molecule has 1 heterocycles. The molecule has 1 rings (SSSR count). The van der Waals surface area contributed by atoms with E-state index >= 15 is 0 Å². The van der Waals surface area contributed by atoms with E-state index in [4.69, 9.17) is 11.6 Å². The summed E-state index contributed by atoms with van der Waals surface area (Å²) in [7, 11) is 0. The molecule has 0 radical (unpaired) electrons. The molecule has 0 aromatic carbocycles. The van der Waals surface area contributed by atoms with Gasteiger partial charge in [-0.1, -0.05) is 11.6 Å². The number of ketones is 1. The summed E-state index contributed by atoms with van der Waals surface area (Å²) in [5, 5.41) is 0. The zero-order chi connectivity index (χ0) is 6.20. The smallest absolute Gasteiger partial charge is 0.164 e. The lowest BCUT2D eigenvalue weighted by atomic mass is 10.2. The topological polar surface area (TPSA) is 17.1 Å². The van der Waals surface area contributed by atoms with Crippen LogP contribution in [0.3, 0.4) is 0 Å². The van der Waals surface area contributed by atoms with Crippen molar-refractivity contribution in [2.75, 3.05) is 5.75 Å². The predicted molar refractivity (Wildman–Crippen MR) is 36.3 cm³/mol. The second-order valence-corrected chi connectivity index (χ2v) is 4.43. The molecule has 3 heteroatoms. The van der Waals surface area contributed by atoms with Gasteiger partial charge in [0, 0.05) is 12.2 Å². The van der Waals surface area contributed by atoms with Gasteiger partial charge in [-0.2, -0.15) is 0 Å². The maximum Gasteiger partial charge on any atom is 0.164 e. The SMILES string of the molecule is C[C@@]1(Cl)SCCC1=O. The molecule has 0 aliphatic carbocycles. The number of carbonyl (C=O) groups is 1. The number of halogens is 1. The van der Waals surface area contributed by atoms with Crippen LogP contribution in [-0.2, 0) is 4.79 Å². The van der Waals surface area contributed by atoms with Gasteiger partial charge in [0.1, 0.15) is 4.21 Å². The Morgan fingerprint density at radius 3 is 2.62 bits per heavy atom. The van der Waals surface area contributed by atoms with E-state index in [0.29, 0.717) is 6.42 Å². The van der Waals surface area contributed by atoms with Crippen LogP contribution in [0.5, 0.6) is 0 Å². The first-order valence-corrected chi connectivity index (χ1v) is 3.85. The summed E-state index contributed by atoms with van der Waals surface area (Å²) >= 11 is 7.26. The van der Waals surface area contributed by atoms with Gasteiger partial charge in [0.15, 0.2) is 5.78 Å². The highest BCUT2D eigenvalue weighted by atomic mass is 35.5. The Kier molecular flexibility index (Phi) is 1.54. The van der Waals surface area contributed by atoms with Crippen molar-refractivity contribution < 1.29 is 4.79 Å². The van der Waals surface area contributed by atoms with Crippen LogP contribution in [0, 0.1) is 0 Å². The third kappa shape index (κ3) is 1.00. The van der Waals surface area contributed by atoms with E-state index in [0.717, 1.165) is 5.75 Å². The van der Waals surface area contributed by atoms with Gasteiger partial charge in [-0.05, 0) is 6.92 Å². The number of hydrogen-bond donors (Lipinski definition) is 0. The maximum absolute atomic E-state index is 10.7. The summed E-state index contributed by atoms with van der Waals surface area (Å²) in [4.78, 5) is 10.7. The number of hydrogen-bond acceptors (Lipinski definition) is 2. The number of thioether (sulfide) groups is 1. The van der Waals surface area contributed by atoms with Crippen molar-refractivity contribution in [1.82, 2.24) is 0 Å². The highest BCUT2D eigenvalue weighted by Gasteiger charge is 2.35. The molecule has 0 unspecified atom stereocenters. The molecule has 1 nitrogen and oxygen atoms in total. The Morgan fingerprint density at radius 1 is 1.88 bits per heavy atom. The van der Waals surface area contributed by atoms with E-state index in [9.17, 15) is 4.79 Å². The molecule has 0 aromatic heterocycles. The molecule has 1 atom stereocenters. The summed E-state index contributed by atoms with van der Waals surface area (Å²) in [6, 6.07) is 0. The molecule has 1 aliphatic heterocycles. The molecular weight excluding hydrogens is 144 g/mol. The van der Waals surface area contributed by atoms with Gasteiger partial charge in [-0.15, -0.1) is 11.8 Å². The molecule has 0 amide bonds. The quantitative estimate of drug-likeness (QED) is 0.489. The van der Waals surface area contributed by atoms with Gasteiger partial charge in [-0.25, -0.2) is 0 Å². The summed E-state index contributed by atoms with van der Waals surface area (Å²) in [5.74, 6) is 1.06. The largest absolute Gasteiger partial charge is 0.297 e. The Bertz CT molecular complexity index is 122. The summed E-state index contributed by atoms with van der Waals surface area (Å²) in [5.41, 5.74) is 0. The molecule has 1 fully saturated rings. The van der Waals surface area contributed by atoms with Crippen molar-refractivity contribution in [2.45, 2.75) is 17.6 Å². The number of alkyl halides is 1. The van der Waals surface area contributed by atoms with Crippen LogP contribution in [0.4, 0.5) is 0 Å². The van der Waals surface area contributed by atoms with Crippen LogP contribution >= 0.6 is 23.4 Å². The zero-order valence-electron chi connectivity index (χ0n) is 4.61. The van der Waals surface area contributed by atoms with Gasteiger partial charge in [-0.3, -0.25) is 4.79 Å². The lowest BCUT2D eigenvalue weighted by Gasteiger charge is -2.08. The van der Waals surface area contributed by atoms with E-state index in [1.54, 1.807) is 6.92 Å². The second-order valence-electron chi connectivity index (χ2n) is 1.94. The fraction of sp³-hybridized carbons (Fsp3) is 0.800. The number of rotatable bonds is 0. The molecule has 8 heavy (non-hydrogen) atoms. The Morgan fingerprint density at radius 2 is 2.50 bits per heavy atom. The van der Waals surface area contributed by atoms with Crippen LogP contribution in [0.15, 0.2) is 0 Å². The Hall–Kier alpha value is 0.310. The molecule has 0 N–H and O–H groups in total. The van der Waals surface area contributed by atoms with Crippen molar-refractivity contribution in [2.24, 2.45) is 0 Å². The third-order valence-electron chi connectivity index (χ3n) is 1.20. The lowest BCUT2D eigenvalue weighted by Crippen LogP contribution is -2.17. The minimum Gasteiger partial charge on any atom is -0.297 e. The zero-order valence-corrected chi connectivity index (χ0v) is 6.18. The molecule has 0 saturated carbocycles. The lowest BCUT2D eigenvalue weighted by molar-refractivity contribution is -0.118. The third-order valence-corrected chi connectivity index (χ3v) is 2.92. The highest BCUT2D eigenvalue weighted by Crippen LogP contribution is 2.37. The standard InChI is InChI=1S/C5H7ClOS/c1-5(6)4(7)2-3-8-5/h2-3H2,1H3/t5-/m1/s1. The van der Waals surface area contributed by atoms with Crippen molar-refractivity contribution in [3.05, 3.63) is 0 Å². The summed E-state index contributed by atoms with van der Waals surface area (Å²) in [6.45, 7) is 1.76. The Labute approximate surface area is 57.8 Å². The Balaban J connectivity index is 2.68. The van der Waals surface area contributed by atoms with E-state index in [-0.39, 0.29) is 5.78 Å². The minimum atomic E-state index is -0.597. The van der Waals surface area contributed by atoms with Gasteiger partial charge >= 0.3 is 0 Å². The van der Waals surface area contributed by atoms with E-state index in [1.165, 1.54) is 11.8 Å². The average Bonchev–Trinajstić information content (AvgIpc) is 1.86. The first-order chi connectivity index (χ1) is 3.63. The van der Waals surface area contributed by atoms with E-state index < -0.39 is 4.21 Å². The van der Waals surface area contributed by atoms with Gasteiger partial charge in [0.2, 0.25) is 0 Å². The second kappa shape index (κ2) is 1.92. The average molecular weight is 151 g/mol. The molecule has 0 spiro atoms.